The largest absolute Gasteiger partial charge is 0.476 e. The van der Waals surface area contributed by atoms with Crippen molar-refractivity contribution in [1.82, 2.24) is 9.78 Å². The lowest BCUT2D eigenvalue weighted by atomic mass is 10.0. The molecule has 1 aliphatic rings. The van der Waals surface area contributed by atoms with Crippen molar-refractivity contribution >= 4 is 15.8 Å². The fourth-order valence-corrected chi connectivity index (χ4v) is 4.65. The molecule has 0 radical (unpaired) electrons. The minimum absolute atomic E-state index is 0.00556. The van der Waals surface area contributed by atoms with Crippen molar-refractivity contribution in [2.24, 2.45) is 0 Å². The highest BCUT2D eigenvalue weighted by Crippen LogP contribution is 2.32. The second-order valence-corrected chi connectivity index (χ2v) is 8.27. The maximum Gasteiger partial charge on any atom is 0.356 e. The van der Waals surface area contributed by atoms with Gasteiger partial charge in [0.15, 0.2) is 15.5 Å². The molecule has 1 aromatic heterocycles. The van der Waals surface area contributed by atoms with Gasteiger partial charge in [-0.15, -0.1) is 0 Å². The van der Waals surface area contributed by atoms with Gasteiger partial charge in [-0.2, -0.15) is 5.10 Å². The summed E-state index contributed by atoms with van der Waals surface area (Å²) in [5.74, 6) is -0.992. The van der Waals surface area contributed by atoms with Gasteiger partial charge < -0.3 is 5.11 Å². The monoisotopic (exact) mass is 334 g/mol. The number of aromatic carboxylic acids is 1. The van der Waals surface area contributed by atoms with Gasteiger partial charge in [-0.1, -0.05) is 17.7 Å². The molecule has 1 N–H and O–H groups in total. The zero-order chi connectivity index (χ0) is 16.8. The number of rotatable bonds is 3. The van der Waals surface area contributed by atoms with Crippen molar-refractivity contribution in [1.29, 1.82) is 0 Å². The van der Waals surface area contributed by atoms with Crippen LogP contribution in [-0.4, -0.2) is 40.8 Å². The van der Waals surface area contributed by atoms with Gasteiger partial charge in [-0.05, 0) is 38.0 Å². The topological polar surface area (TPSA) is 89.3 Å². The van der Waals surface area contributed by atoms with Gasteiger partial charge in [0, 0.05) is 5.56 Å². The third-order valence-corrected chi connectivity index (χ3v) is 5.93. The van der Waals surface area contributed by atoms with E-state index in [4.69, 9.17) is 0 Å². The highest BCUT2D eigenvalue weighted by atomic mass is 32.2. The minimum Gasteiger partial charge on any atom is -0.476 e. The number of carboxylic acids is 1. The smallest absolute Gasteiger partial charge is 0.356 e. The molecule has 1 unspecified atom stereocenters. The molecule has 2 aromatic rings. The summed E-state index contributed by atoms with van der Waals surface area (Å²) < 4.78 is 25.1. The van der Waals surface area contributed by atoms with Crippen molar-refractivity contribution in [2.75, 3.05) is 11.5 Å². The van der Waals surface area contributed by atoms with E-state index in [2.05, 4.69) is 5.10 Å². The van der Waals surface area contributed by atoms with Crippen molar-refractivity contribution in [3.05, 3.63) is 41.1 Å². The van der Waals surface area contributed by atoms with Crippen molar-refractivity contribution < 1.29 is 18.3 Å². The van der Waals surface area contributed by atoms with E-state index in [1.807, 2.05) is 32.0 Å². The number of carbonyl (C=O) groups is 1. The highest BCUT2D eigenvalue weighted by molar-refractivity contribution is 7.91. The Labute approximate surface area is 134 Å². The maximum absolute atomic E-state index is 11.8. The third-order valence-electron chi connectivity index (χ3n) is 4.18. The van der Waals surface area contributed by atoms with Crippen LogP contribution in [0.15, 0.2) is 24.3 Å². The molecule has 1 aliphatic heterocycles. The van der Waals surface area contributed by atoms with Crippen LogP contribution in [0.25, 0.3) is 11.3 Å². The van der Waals surface area contributed by atoms with Gasteiger partial charge in [0.1, 0.15) is 0 Å². The number of aryl methyl sites for hydroxylation is 2. The highest BCUT2D eigenvalue weighted by Gasteiger charge is 2.32. The number of carboxylic acid groups (broad SMARTS) is 1. The van der Waals surface area contributed by atoms with Crippen molar-refractivity contribution in [3.63, 3.8) is 0 Å². The molecule has 3 rings (SSSR count). The molecule has 0 saturated carbocycles. The number of aromatic nitrogens is 2. The number of hydrogen-bond acceptors (Lipinski definition) is 4. The molecular formula is C16H18N2O4S. The Morgan fingerprint density at radius 2 is 2.04 bits per heavy atom. The summed E-state index contributed by atoms with van der Waals surface area (Å²) in [4.78, 5) is 11.3. The van der Waals surface area contributed by atoms with Crippen LogP contribution in [-0.2, 0) is 9.84 Å². The summed E-state index contributed by atoms with van der Waals surface area (Å²) in [7, 11) is -3.08. The van der Waals surface area contributed by atoms with E-state index in [-0.39, 0.29) is 23.2 Å². The molecule has 0 aliphatic carbocycles. The van der Waals surface area contributed by atoms with Crippen LogP contribution in [0, 0.1) is 13.8 Å². The number of sulfone groups is 1. The SMILES string of the molecule is Cc1ccc(C)c(-c2cc(C(=O)O)nn2C2CCS(=O)(=O)C2)c1. The maximum atomic E-state index is 11.8. The van der Waals surface area contributed by atoms with Crippen molar-refractivity contribution in [3.8, 4) is 11.3 Å². The van der Waals surface area contributed by atoms with Crippen LogP contribution in [0.3, 0.4) is 0 Å². The number of hydrogen-bond donors (Lipinski definition) is 1. The van der Waals surface area contributed by atoms with E-state index in [1.54, 1.807) is 4.68 Å². The normalized spacial score (nSPS) is 19.8. The van der Waals surface area contributed by atoms with E-state index in [0.29, 0.717) is 12.1 Å². The summed E-state index contributed by atoms with van der Waals surface area (Å²) in [5.41, 5.74) is 3.52. The molecule has 122 valence electrons. The third kappa shape index (κ3) is 3.01. The first kappa shape index (κ1) is 15.7. The van der Waals surface area contributed by atoms with Gasteiger partial charge >= 0.3 is 5.97 Å². The first-order valence-corrected chi connectivity index (χ1v) is 9.20. The lowest BCUT2D eigenvalue weighted by Crippen LogP contribution is -2.14. The summed E-state index contributed by atoms with van der Waals surface area (Å²) in [6, 6.07) is 7.13. The van der Waals surface area contributed by atoms with Gasteiger partial charge in [0.2, 0.25) is 0 Å². The number of nitrogens with zero attached hydrogens (tertiary/aromatic N) is 2. The van der Waals surface area contributed by atoms with Gasteiger partial charge in [0.05, 0.1) is 23.2 Å². The van der Waals surface area contributed by atoms with E-state index >= 15 is 0 Å². The Hall–Kier alpha value is -2.15. The standard InChI is InChI=1S/C16H18N2O4S/c1-10-3-4-11(2)13(7-10)15-8-14(16(19)20)17-18(15)12-5-6-23(21,22)9-12/h3-4,7-8,12H,5-6,9H2,1-2H3,(H,19,20). The number of benzene rings is 1. The lowest BCUT2D eigenvalue weighted by molar-refractivity contribution is 0.0689. The predicted molar refractivity (Wildman–Crippen MR) is 86.4 cm³/mol. The van der Waals surface area contributed by atoms with Gasteiger partial charge in [-0.25, -0.2) is 13.2 Å². The molecule has 1 atom stereocenters. The Morgan fingerprint density at radius 3 is 2.65 bits per heavy atom. The second kappa shape index (κ2) is 5.49. The Kier molecular flexibility index (Phi) is 3.75. The average molecular weight is 334 g/mol. The Balaban J connectivity index is 2.16. The second-order valence-electron chi connectivity index (χ2n) is 6.04. The first-order valence-electron chi connectivity index (χ1n) is 7.38. The van der Waals surface area contributed by atoms with Gasteiger partial charge in [-0.3, -0.25) is 4.68 Å². The zero-order valence-corrected chi connectivity index (χ0v) is 13.8. The van der Waals surface area contributed by atoms with Crippen LogP contribution >= 0.6 is 0 Å². The molecule has 0 amide bonds. The molecule has 7 heteroatoms. The molecule has 1 aromatic carbocycles. The lowest BCUT2D eigenvalue weighted by Gasteiger charge is -2.15. The molecular weight excluding hydrogens is 316 g/mol. The zero-order valence-electron chi connectivity index (χ0n) is 13.0. The fourth-order valence-electron chi connectivity index (χ4n) is 2.96. The molecule has 1 fully saturated rings. The van der Waals surface area contributed by atoms with Gasteiger partial charge in [0.25, 0.3) is 0 Å². The van der Waals surface area contributed by atoms with Crippen LogP contribution in [0.4, 0.5) is 0 Å². The van der Waals surface area contributed by atoms with E-state index in [9.17, 15) is 18.3 Å². The molecule has 0 spiro atoms. The summed E-state index contributed by atoms with van der Waals surface area (Å²) in [6.07, 6.45) is 0.459. The molecule has 1 saturated heterocycles. The molecule has 6 nitrogen and oxygen atoms in total. The fraction of sp³-hybridized carbons (Fsp3) is 0.375. The van der Waals surface area contributed by atoms with Crippen molar-refractivity contribution in [2.45, 2.75) is 26.3 Å². The van der Waals surface area contributed by atoms with E-state index in [0.717, 1.165) is 16.7 Å². The van der Waals surface area contributed by atoms with Crippen LogP contribution in [0.1, 0.15) is 34.1 Å². The summed E-state index contributed by atoms with van der Waals surface area (Å²) >= 11 is 0. The summed E-state index contributed by atoms with van der Waals surface area (Å²) in [5, 5.41) is 13.4. The van der Waals surface area contributed by atoms with E-state index < -0.39 is 15.8 Å². The first-order chi connectivity index (χ1) is 10.8. The molecule has 0 bridgehead atoms. The molecule has 2 heterocycles. The van der Waals surface area contributed by atoms with E-state index in [1.165, 1.54) is 6.07 Å². The Bertz CT molecular complexity index is 883. The Morgan fingerprint density at radius 1 is 1.30 bits per heavy atom. The quantitative estimate of drug-likeness (QED) is 0.929. The van der Waals surface area contributed by atoms with Crippen LogP contribution in [0.2, 0.25) is 0 Å². The predicted octanol–water partition coefficient (Wildman–Crippen LogP) is 2.22. The van der Waals surface area contributed by atoms with Crippen LogP contribution < -0.4 is 0 Å². The average Bonchev–Trinajstić information content (AvgIpc) is 3.05. The molecule has 23 heavy (non-hydrogen) atoms. The van der Waals surface area contributed by atoms with Crippen LogP contribution in [0.5, 0.6) is 0 Å². The minimum atomic E-state index is -3.08. The summed E-state index contributed by atoms with van der Waals surface area (Å²) in [6.45, 7) is 3.90.